The summed E-state index contributed by atoms with van der Waals surface area (Å²) < 4.78 is 20.2. The molecule has 2 aromatic carbocycles. The van der Waals surface area contributed by atoms with Gasteiger partial charge < -0.3 is 9.72 Å². The van der Waals surface area contributed by atoms with E-state index in [-0.39, 0.29) is 11.7 Å². The summed E-state index contributed by atoms with van der Waals surface area (Å²) in [5.74, 6) is 0.0416. The van der Waals surface area contributed by atoms with Crippen LogP contribution in [0.15, 0.2) is 53.8 Å². The lowest BCUT2D eigenvalue weighted by Gasteiger charge is -2.20. The second kappa shape index (κ2) is 7.19. The third kappa shape index (κ3) is 2.96. The molecule has 1 aliphatic heterocycles. The van der Waals surface area contributed by atoms with Gasteiger partial charge in [-0.2, -0.15) is 5.10 Å². The first-order valence-corrected chi connectivity index (χ1v) is 10.1. The molecule has 1 amide bonds. The molecular formula is C24H21FN4O2. The first kappa shape index (κ1) is 19.2. The highest BCUT2D eigenvalue weighted by Gasteiger charge is 2.35. The summed E-state index contributed by atoms with van der Waals surface area (Å²) in [4.78, 5) is 20.2. The molecule has 0 fully saturated rings. The quantitative estimate of drug-likeness (QED) is 0.518. The number of nitrogens with one attached hydrogen (secondary N) is 1. The number of hydrazone groups is 1. The van der Waals surface area contributed by atoms with E-state index in [1.54, 1.807) is 31.5 Å². The fourth-order valence-electron chi connectivity index (χ4n) is 4.41. The highest BCUT2D eigenvalue weighted by Crippen LogP contribution is 2.40. The minimum Gasteiger partial charge on any atom is -0.496 e. The van der Waals surface area contributed by atoms with Gasteiger partial charge in [-0.3, -0.25) is 9.78 Å². The van der Waals surface area contributed by atoms with Gasteiger partial charge in [0.05, 0.1) is 41.2 Å². The van der Waals surface area contributed by atoms with Crippen LogP contribution < -0.4 is 4.74 Å². The zero-order valence-corrected chi connectivity index (χ0v) is 17.4. The highest BCUT2D eigenvalue weighted by atomic mass is 19.1. The monoisotopic (exact) mass is 416 g/mol. The van der Waals surface area contributed by atoms with Crippen molar-refractivity contribution < 1.29 is 13.9 Å². The van der Waals surface area contributed by atoms with E-state index in [9.17, 15) is 9.18 Å². The number of methoxy groups -OCH3 is 1. The van der Waals surface area contributed by atoms with E-state index in [4.69, 9.17) is 4.74 Å². The Labute approximate surface area is 178 Å². The molecule has 0 bridgehead atoms. The van der Waals surface area contributed by atoms with Crippen molar-refractivity contribution in [3.63, 3.8) is 0 Å². The zero-order valence-electron chi connectivity index (χ0n) is 17.4. The van der Waals surface area contributed by atoms with Gasteiger partial charge >= 0.3 is 0 Å². The van der Waals surface area contributed by atoms with E-state index in [0.717, 1.165) is 33.1 Å². The number of hydrogen-bond donors (Lipinski definition) is 1. The van der Waals surface area contributed by atoms with E-state index < -0.39 is 6.04 Å². The van der Waals surface area contributed by atoms with Gasteiger partial charge in [-0.1, -0.05) is 18.2 Å². The van der Waals surface area contributed by atoms with Gasteiger partial charge in [0.1, 0.15) is 11.6 Å². The number of halogens is 1. The molecule has 7 heteroatoms. The summed E-state index contributed by atoms with van der Waals surface area (Å²) in [6.07, 6.45) is 2.16. The van der Waals surface area contributed by atoms with Crippen LogP contribution in [0.3, 0.4) is 0 Å². The standard InChI is InChI=1S/C24H21FN4O2/c1-13-23-16(10-11-26-13)15-8-9-21(31-3)22(24(15)27-23)19-12-20(29(28-19)14(2)30)17-6-4-5-7-18(17)25/h4-11,20,27H,12H2,1-3H3. The Balaban J connectivity index is 1.72. The van der Waals surface area contributed by atoms with Gasteiger partial charge in [-0.25, -0.2) is 9.40 Å². The molecule has 0 saturated carbocycles. The molecule has 0 spiro atoms. The number of pyridine rings is 1. The van der Waals surface area contributed by atoms with E-state index in [2.05, 4.69) is 15.1 Å². The number of aromatic nitrogens is 2. The Morgan fingerprint density at radius 2 is 1.94 bits per heavy atom. The van der Waals surface area contributed by atoms with Gasteiger partial charge in [-0.05, 0) is 31.2 Å². The van der Waals surface area contributed by atoms with E-state index in [0.29, 0.717) is 23.4 Å². The van der Waals surface area contributed by atoms with Gasteiger partial charge in [0.2, 0.25) is 5.91 Å². The molecule has 31 heavy (non-hydrogen) atoms. The number of nitrogens with zero attached hydrogens (tertiary/aromatic N) is 3. The molecule has 156 valence electrons. The van der Waals surface area contributed by atoms with Gasteiger partial charge in [0.25, 0.3) is 0 Å². The average molecular weight is 416 g/mol. The molecule has 0 aliphatic carbocycles. The van der Waals surface area contributed by atoms with Crippen molar-refractivity contribution in [2.75, 3.05) is 7.11 Å². The Kier molecular flexibility index (Phi) is 4.46. The minimum atomic E-state index is -0.513. The predicted octanol–water partition coefficient (Wildman–Crippen LogP) is 4.87. The van der Waals surface area contributed by atoms with E-state index in [1.807, 2.05) is 25.1 Å². The first-order valence-electron chi connectivity index (χ1n) is 10.1. The summed E-state index contributed by atoms with van der Waals surface area (Å²) in [6.45, 7) is 3.39. The molecule has 6 nitrogen and oxygen atoms in total. The van der Waals surface area contributed by atoms with Crippen molar-refractivity contribution in [3.05, 3.63) is 71.3 Å². The molecule has 1 N–H and O–H groups in total. The highest BCUT2D eigenvalue weighted by molar-refractivity contribution is 6.19. The number of fused-ring (bicyclic) bond motifs is 3. The van der Waals surface area contributed by atoms with Gasteiger partial charge in [-0.15, -0.1) is 0 Å². The maximum atomic E-state index is 14.6. The van der Waals surface area contributed by atoms with E-state index >= 15 is 0 Å². The van der Waals surface area contributed by atoms with Crippen LogP contribution in [0.1, 0.15) is 36.2 Å². The molecule has 3 heterocycles. The number of benzene rings is 2. The number of amides is 1. The summed E-state index contributed by atoms with van der Waals surface area (Å²) >= 11 is 0. The maximum Gasteiger partial charge on any atom is 0.240 e. The topological polar surface area (TPSA) is 70.6 Å². The molecule has 4 aromatic rings. The molecule has 5 rings (SSSR count). The van der Waals surface area contributed by atoms with Crippen molar-refractivity contribution in [1.29, 1.82) is 0 Å². The summed E-state index contributed by atoms with van der Waals surface area (Å²) in [5, 5.41) is 8.06. The molecule has 1 aliphatic rings. The summed E-state index contributed by atoms with van der Waals surface area (Å²) in [6, 6.07) is 11.9. The van der Waals surface area contributed by atoms with Gasteiger partial charge in [0.15, 0.2) is 0 Å². The number of carbonyl (C=O) groups excluding carboxylic acids is 1. The number of H-pyrrole nitrogens is 1. The lowest BCUT2D eigenvalue weighted by Crippen LogP contribution is -2.25. The molecule has 1 unspecified atom stereocenters. The zero-order chi connectivity index (χ0) is 21.7. The largest absolute Gasteiger partial charge is 0.496 e. The van der Waals surface area contributed by atoms with Crippen LogP contribution >= 0.6 is 0 Å². The van der Waals surface area contributed by atoms with Crippen LogP contribution in [0.4, 0.5) is 4.39 Å². The Bertz CT molecular complexity index is 1380. The van der Waals surface area contributed by atoms with Gasteiger partial charge in [0, 0.05) is 35.9 Å². The number of rotatable bonds is 3. The molecule has 0 saturated heterocycles. The second-order valence-corrected chi connectivity index (χ2v) is 7.66. The minimum absolute atomic E-state index is 0.244. The van der Waals surface area contributed by atoms with Crippen LogP contribution in [0.5, 0.6) is 5.75 Å². The normalized spacial score (nSPS) is 16.2. The summed E-state index contributed by atoms with van der Waals surface area (Å²) in [5.41, 5.74) is 4.59. The van der Waals surface area contributed by atoms with E-state index in [1.165, 1.54) is 18.0 Å². The van der Waals surface area contributed by atoms with Crippen LogP contribution in [-0.4, -0.2) is 33.7 Å². The average Bonchev–Trinajstić information content (AvgIpc) is 3.36. The smallest absolute Gasteiger partial charge is 0.240 e. The third-order valence-corrected chi connectivity index (χ3v) is 5.85. The van der Waals surface area contributed by atoms with Crippen molar-refractivity contribution in [3.8, 4) is 5.75 Å². The second-order valence-electron chi connectivity index (χ2n) is 7.66. The number of carbonyl (C=O) groups is 1. The van der Waals surface area contributed by atoms with Crippen LogP contribution in [0, 0.1) is 12.7 Å². The maximum absolute atomic E-state index is 14.6. The van der Waals surface area contributed by atoms with Crippen LogP contribution in [0.2, 0.25) is 0 Å². The molecular weight excluding hydrogens is 395 g/mol. The molecule has 1 atom stereocenters. The van der Waals surface area contributed by atoms with Crippen molar-refractivity contribution in [2.24, 2.45) is 5.10 Å². The molecule has 0 radical (unpaired) electrons. The summed E-state index contributed by atoms with van der Waals surface area (Å²) in [7, 11) is 1.60. The fraction of sp³-hybridized carbons (Fsp3) is 0.208. The molecule has 2 aromatic heterocycles. The van der Waals surface area contributed by atoms with Crippen LogP contribution in [0.25, 0.3) is 21.8 Å². The van der Waals surface area contributed by atoms with Crippen molar-refractivity contribution in [2.45, 2.75) is 26.3 Å². The van der Waals surface area contributed by atoms with Crippen molar-refractivity contribution in [1.82, 2.24) is 15.0 Å². The Morgan fingerprint density at radius 3 is 2.68 bits per heavy atom. The lowest BCUT2D eigenvalue weighted by atomic mass is 9.96. The predicted molar refractivity (Wildman–Crippen MR) is 118 cm³/mol. The first-order chi connectivity index (χ1) is 15.0. The Morgan fingerprint density at radius 1 is 1.16 bits per heavy atom. The van der Waals surface area contributed by atoms with Crippen LogP contribution in [-0.2, 0) is 4.79 Å². The number of hydrogen-bond acceptors (Lipinski definition) is 4. The number of ether oxygens (including phenoxy) is 1. The lowest BCUT2D eigenvalue weighted by molar-refractivity contribution is -0.130. The SMILES string of the molecule is COc1ccc2c([nH]c3c(C)nccc32)c1C1=NN(C(C)=O)C(c2ccccc2F)C1. The third-order valence-electron chi connectivity index (χ3n) is 5.85. The number of aromatic amines is 1. The van der Waals surface area contributed by atoms with Crippen molar-refractivity contribution >= 4 is 33.4 Å². The Hall–Kier alpha value is -3.74. The fourth-order valence-corrected chi connectivity index (χ4v) is 4.41. The number of aryl methyl sites for hydroxylation is 1.